The first-order valence-electron chi connectivity index (χ1n) is 16.1. The Morgan fingerprint density at radius 2 is 1.98 bits per heavy atom. The van der Waals surface area contributed by atoms with Crippen molar-refractivity contribution in [3.63, 3.8) is 0 Å². The Morgan fingerprint density at radius 3 is 2.73 bits per heavy atom. The Bertz CT molecular complexity index is 1870. The average Bonchev–Trinajstić information content (AvgIpc) is 3.93. The molecule has 2 aliphatic heterocycles. The number of tetrazole rings is 1. The number of anilines is 3. The number of imidazole rings is 1. The maximum absolute atomic E-state index is 12.7. The van der Waals surface area contributed by atoms with Gasteiger partial charge in [0.2, 0.25) is 11.8 Å². The van der Waals surface area contributed by atoms with Crippen LogP contribution in [0.1, 0.15) is 37.1 Å². The fourth-order valence-corrected chi connectivity index (χ4v) is 6.04. The molecule has 0 spiro atoms. The predicted octanol–water partition coefficient (Wildman–Crippen LogP) is 0.636. The van der Waals surface area contributed by atoms with Crippen LogP contribution in [0.25, 0.3) is 11.2 Å². The Labute approximate surface area is 280 Å². The molecule has 2 fully saturated rings. The molecule has 1 unspecified atom stereocenters. The van der Waals surface area contributed by atoms with E-state index in [9.17, 15) is 20.1 Å². The first-order valence-corrected chi connectivity index (χ1v) is 16.1. The standard InChI is InChI=1S/C31H37N13O5/c1-2-44-40-27(39-41-44)25-23(46)24(47)29(49-25)43-17-33-22-26(34-21(16-45)13-18-7-4-3-5-8-18)37-30(38-28(22)43)42-12-10-20(15-42)36-31(48)35-19-9-6-11-32-14-19/h3-9,11,14,17,20-21,23-25,29,45-47H,2,10,12-13,15-16H2,1H3,(H,34,37,38)(H2,35,36,48)/t20?,21-,23-,24+,25-,29+/m0/s1. The SMILES string of the molecule is CCn1nnc([C@H]2O[C@@H](n3cnc4c(N[C@H](CO)Cc5ccccc5)nc(N5CCC(NC(=O)Nc6cccnc6)C5)nc43)[C@H](O)[C@@H]2O)n1. The van der Waals surface area contributed by atoms with Crippen LogP contribution in [0.15, 0.2) is 61.2 Å². The lowest BCUT2D eigenvalue weighted by molar-refractivity contribution is -0.0384. The molecule has 2 saturated heterocycles. The van der Waals surface area contributed by atoms with E-state index >= 15 is 0 Å². The third-order valence-electron chi connectivity index (χ3n) is 8.54. The van der Waals surface area contributed by atoms with Gasteiger partial charge in [0, 0.05) is 25.3 Å². The first kappa shape index (κ1) is 32.3. The summed E-state index contributed by atoms with van der Waals surface area (Å²) in [5.41, 5.74) is 2.32. The molecule has 6 heterocycles. The zero-order chi connectivity index (χ0) is 33.9. The van der Waals surface area contributed by atoms with Gasteiger partial charge in [-0.2, -0.15) is 14.8 Å². The summed E-state index contributed by atoms with van der Waals surface area (Å²) in [7, 11) is 0. The molecule has 2 amide bonds. The minimum absolute atomic E-state index is 0.146. The molecular weight excluding hydrogens is 634 g/mol. The molecular formula is C31H37N13O5. The molecule has 6 atom stereocenters. The van der Waals surface area contributed by atoms with Gasteiger partial charge < -0.3 is 40.9 Å². The van der Waals surface area contributed by atoms with E-state index in [2.05, 4.69) is 41.3 Å². The molecule has 2 aliphatic rings. The number of hydrogen-bond acceptors (Lipinski definition) is 14. The Morgan fingerprint density at radius 1 is 1.12 bits per heavy atom. The van der Waals surface area contributed by atoms with Crippen molar-refractivity contribution in [2.45, 2.75) is 62.9 Å². The molecule has 5 aromatic rings. The largest absolute Gasteiger partial charge is 0.394 e. The lowest BCUT2D eigenvalue weighted by Crippen LogP contribution is -2.40. The lowest BCUT2D eigenvalue weighted by Gasteiger charge is -2.22. The molecule has 256 valence electrons. The number of hydrogen-bond donors (Lipinski definition) is 6. The van der Waals surface area contributed by atoms with Crippen LogP contribution in [-0.2, 0) is 17.7 Å². The number of carbonyl (C=O) groups excluding carboxylic acids is 1. The number of rotatable bonds is 11. The van der Waals surface area contributed by atoms with Gasteiger partial charge in [-0.25, -0.2) is 9.78 Å². The van der Waals surface area contributed by atoms with Gasteiger partial charge in [0.1, 0.15) is 12.2 Å². The number of ether oxygens (including phenoxy) is 1. The van der Waals surface area contributed by atoms with Gasteiger partial charge in [0.15, 0.2) is 29.3 Å². The number of aromatic nitrogens is 9. The summed E-state index contributed by atoms with van der Waals surface area (Å²) in [6, 6.07) is 12.3. The van der Waals surface area contributed by atoms with Gasteiger partial charge in [-0.3, -0.25) is 9.55 Å². The van der Waals surface area contributed by atoms with Crippen LogP contribution < -0.4 is 20.9 Å². The summed E-state index contributed by atoms with van der Waals surface area (Å²) in [6.07, 6.45) is 0.985. The van der Waals surface area contributed by atoms with E-state index in [1.54, 1.807) is 29.1 Å². The quantitative estimate of drug-likeness (QED) is 0.113. The van der Waals surface area contributed by atoms with Crippen LogP contribution in [0.2, 0.25) is 0 Å². The summed E-state index contributed by atoms with van der Waals surface area (Å²) < 4.78 is 7.67. The number of benzene rings is 1. The highest BCUT2D eigenvalue weighted by Gasteiger charge is 2.47. The summed E-state index contributed by atoms with van der Waals surface area (Å²) in [4.78, 5) is 34.3. The second-order valence-electron chi connectivity index (χ2n) is 11.9. The van der Waals surface area contributed by atoms with Crippen molar-refractivity contribution in [1.82, 2.24) is 50.0 Å². The van der Waals surface area contributed by atoms with E-state index < -0.39 is 30.6 Å². The minimum atomic E-state index is -1.37. The van der Waals surface area contributed by atoms with Crippen LogP contribution in [0.5, 0.6) is 0 Å². The second-order valence-corrected chi connectivity index (χ2v) is 11.9. The number of carbonyl (C=O) groups is 1. The van der Waals surface area contributed by atoms with E-state index in [-0.39, 0.29) is 24.5 Å². The maximum Gasteiger partial charge on any atom is 0.319 e. The number of aliphatic hydroxyl groups excluding tert-OH is 3. The highest BCUT2D eigenvalue weighted by molar-refractivity contribution is 5.89. The number of urea groups is 1. The van der Waals surface area contributed by atoms with Crippen molar-refractivity contribution in [3.8, 4) is 0 Å². The van der Waals surface area contributed by atoms with Crippen LogP contribution in [-0.4, -0.2) is 110 Å². The van der Waals surface area contributed by atoms with E-state index in [1.807, 2.05) is 42.2 Å². The fourth-order valence-electron chi connectivity index (χ4n) is 6.04. The third-order valence-corrected chi connectivity index (χ3v) is 8.54. The smallest absolute Gasteiger partial charge is 0.319 e. The van der Waals surface area contributed by atoms with Gasteiger partial charge in [-0.05, 0) is 42.7 Å². The topological polar surface area (TPSA) is 226 Å². The zero-order valence-corrected chi connectivity index (χ0v) is 26.6. The zero-order valence-electron chi connectivity index (χ0n) is 26.6. The molecule has 6 N–H and O–H groups in total. The summed E-state index contributed by atoms with van der Waals surface area (Å²) >= 11 is 0. The first-order chi connectivity index (χ1) is 23.9. The van der Waals surface area contributed by atoms with Gasteiger partial charge in [-0.15, -0.1) is 10.2 Å². The van der Waals surface area contributed by atoms with E-state index in [1.165, 1.54) is 11.1 Å². The van der Waals surface area contributed by atoms with Gasteiger partial charge >= 0.3 is 6.03 Å². The monoisotopic (exact) mass is 671 g/mol. The number of nitrogens with zero attached hydrogens (tertiary/aromatic N) is 10. The van der Waals surface area contributed by atoms with Crippen LogP contribution >= 0.6 is 0 Å². The lowest BCUT2D eigenvalue weighted by atomic mass is 10.1. The maximum atomic E-state index is 12.7. The van der Waals surface area contributed by atoms with Crippen molar-refractivity contribution in [1.29, 1.82) is 0 Å². The van der Waals surface area contributed by atoms with Crippen LogP contribution in [0, 0.1) is 0 Å². The normalized spacial score (nSPS) is 22.8. The molecule has 0 saturated carbocycles. The van der Waals surface area contributed by atoms with E-state index in [0.29, 0.717) is 61.1 Å². The molecule has 4 aromatic heterocycles. The van der Waals surface area contributed by atoms with Gasteiger partial charge in [0.05, 0.1) is 37.4 Å². The van der Waals surface area contributed by atoms with Crippen molar-refractivity contribution >= 4 is 34.6 Å². The second kappa shape index (κ2) is 14.0. The van der Waals surface area contributed by atoms with Gasteiger partial charge in [0.25, 0.3) is 0 Å². The van der Waals surface area contributed by atoms with Crippen molar-refractivity contribution in [2.75, 3.05) is 35.2 Å². The number of pyridine rings is 1. The highest BCUT2D eigenvalue weighted by atomic mass is 16.6. The van der Waals surface area contributed by atoms with Crippen molar-refractivity contribution < 1.29 is 24.9 Å². The number of nitrogens with one attached hydrogen (secondary N) is 3. The fraction of sp³-hybridized carbons (Fsp3) is 0.419. The number of fused-ring (bicyclic) bond motifs is 1. The van der Waals surface area contributed by atoms with Gasteiger partial charge in [-0.1, -0.05) is 30.3 Å². The minimum Gasteiger partial charge on any atom is -0.394 e. The predicted molar refractivity (Wildman–Crippen MR) is 175 cm³/mol. The van der Waals surface area contributed by atoms with Crippen molar-refractivity contribution in [3.05, 3.63) is 72.6 Å². The molecule has 0 bridgehead atoms. The molecule has 0 aliphatic carbocycles. The summed E-state index contributed by atoms with van der Waals surface area (Å²) in [5.74, 6) is 0.867. The Hall–Kier alpha value is -5.30. The summed E-state index contributed by atoms with van der Waals surface area (Å²) in [6.45, 7) is 3.13. The number of amides is 2. The molecule has 18 heteroatoms. The van der Waals surface area contributed by atoms with Crippen molar-refractivity contribution in [2.24, 2.45) is 0 Å². The number of aryl methyl sites for hydroxylation is 1. The Kier molecular flexibility index (Phi) is 9.25. The molecule has 49 heavy (non-hydrogen) atoms. The van der Waals surface area contributed by atoms with E-state index in [4.69, 9.17) is 14.7 Å². The highest BCUT2D eigenvalue weighted by Crippen LogP contribution is 2.39. The molecule has 0 radical (unpaired) electrons. The molecule has 18 nitrogen and oxygen atoms in total. The average molecular weight is 672 g/mol. The third kappa shape index (κ3) is 6.84. The molecule has 1 aromatic carbocycles. The Balaban J connectivity index is 1.17. The summed E-state index contributed by atoms with van der Waals surface area (Å²) in [5, 5.41) is 53.8. The van der Waals surface area contributed by atoms with Crippen LogP contribution in [0.4, 0.5) is 22.2 Å². The van der Waals surface area contributed by atoms with E-state index in [0.717, 1.165) is 5.56 Å². The van der Waals surface area contributed by atoms with Crippen LogP contribution in [0.3, 0.4) is 0 Å². The molecule has 7 rings (SSSR count). The number of aliphatic hydroxyl groups is 3.